The quantitative estimate of drug-likeness (QED) is 0.807. The zero-order valence-corrected chi connectivity index (χ0v) is 14.8. The monoisotopic (exact) mass is 338 g/mol. The summed E-state index contributed by atoms with van der Waals surface area (Å²) in [7, 11) is 0. The van der Waals surface area contributed by atoms with E-state index >= 15 is 0 Å². The van der Waals surface area contributed by atoms with E-state index in [2.05, 4.69) is 36.6 Å². The van der Waals surface area contributed by atoms with Crippen molar-refractivity contribution in [3.8, 4) is 0 Å². The first kappa shape index (κ1) is 15.9. The SMILES string of the molecule is CSc1ccc(C2CC(=O)C3(C)C(O)c4ccccc4C3C2)cc1. The molecule has 1 saturated carbocycles. The number of Topliss-reactive ketones (excluding diaryl/α,β-unsaturated/α-hetero) is 1. The van der Waals surface area contributed by atoms with Crippen LogP contribution in [0.1, 0.15) is 54.4 Å². The summed E-state index contributed by atoms with van der Waals surface area (Å²) < 4.78 is 0. The van der Waals surface area contributed by atoms with Gasteiger partial charge in [-0.25, -0.2) is 0 Å². The van der Waals surface area contributed by atoms with E-state index in [1.54, 1.807) is 11.8 Å². The van der Waals surface area contributed by atoms with Gasteiger partial charge in [0, 0.05) is 11.3 Å². The molecule has 0 amide bonds. The minimum Gasteiger partial charge on any atom is -0.387 e. The molecule has 0 radical (unpaired) electrons. The third-order valence-corrected chi connectivity index (χ3v) is 6.84. The van der Waals surface area contributed by atoms with Gasteiger partial charge >= 0.3 is 0 Å². The summed E-state index contributed by atoms with van der Waals surface area (Å²) in [6.07, 6.45) is 2.85. The van der Waals surface area contributed by atoms with Crippen LogP contribution in [-0.2, 0) is 4.79 Å². The highest BCUT2D eigenvalue weighted by Gasteiger charge is 2.56. The molecule has 2 aromatic carbocycles. The molecule has 2 nitrogen and oxygen atoms in total. The van der Waals surface area contributed by atoms with Crippen LogP contribution in [0.3, 0.4) is 0 Å². The smallest absolute Gasteiger partial charge is 0.142 e. The van der Waals surface area contributed by atoms with E-state index in [-0.39, 0.29) is 17.6 Å². The number of aliphatic hydroxyl groups excluding tert-OH is 1. The molecule has 1 fully saturated rings. The number of hydrogen-bond acceptors (Lipinski definition) is 3. The molecule has 0 aromatic heterocycles. The maximum absolute atomic E-state index is 13.0. The van der Waals surface area contributed by atoms with Crippen LogP contribution in [0.25, 0.3) is 0 Å². The molecule has 0 aliphatic heterocycles. The van der Waals surface area contributed by atoms with Gasteiger partial charge in [0.05, 0.1) is 11.5 Å². The molecule has 1 N–H and O–H groups in total. The third kappa shape index (κ3) is 2.18. The van der Waals surface area contributed by atoms with E-state index < -0.39 is 11.5 Å². The van der Waals surface area contributed by atoms with Crippen molar-refractivity contribution >= 4 is 17.5 Å². The first-order valence-corrected chi connectivity index (χ1v) is 9.72. The van der Waals surface area contributed by atoms with Gasteiger partial charge in [-0.1, -0.05) is 36.4 Å². The second-order valence-corrected chi connectivity index (χ2v) is 8.08. The van der Waals surface area contributed by atoms with E-state index in [1.165, 1.54) is 10.5 Å². The Morgan fingerprint density at radius 2 is 1.75 bits per heavy atom. The number of aliphatic hydroxyl groups is 1. The van der Waals surface area contributed by atoms with Crippen LogP contribution in [0.4, 0.5) is 0 Å². The van der Waals surface area contributed by atoms with E-state index in [1.807, 2.05) is 25.1 Å². The summed E-state index contributed by atoms with van der Waals surface area (Å²) in [5.41, 5.74) is 2.67. The van der Waals surface area contributed by atoms with Gasteiger partial charge in [0.1, 0.15) is 5.78 Å². The summed E-state index contributed by atoms with van der Waals surface area (Å²) in [5.74, 6) is 0.543. The van der Waals surface area contributed by atoms with Crippen molar-refractivity contribution in [1.29, 1.82) is 0 Å². The van der Waals surface area contributed by atoms with Crippen molar-refractivity contribution in [2.45, 2.75) is 42.6 Å². The second kappa shape index (κ2) is 5.75. The van der Waals surface area contributed by atoms with Crippen LogP contribution in [0.2, 0.25) is 0 Å². The summed E-state index contributed by atoms with van der Waals surface area (Å²) in [4.78, 5) is 14.3. The van der Waals surface area contributed by atoms with Gasteiger partial charge in [-0.3, -0.25) is 4.79 Å². The summed E-state index contributed by atoms with van der Waals surface area (Å²) >= 11 is 1.73. The molecule has 0 bridgehead atoms. The maximum atomic E-state index is 13.0. The van der Waals surface area contributed by atoms with Crippen molar-refractivity contribution in [3.63, 3.8) is 0 Å². The Balaban J connectivity index is 1.71. The van der Waals surface area contributed by atoms with Crippen LogP contribution in [0.15, 0.2) is 53.4 Å². The Labute approximate surface area is 147 Å². The third-order valence-electron chi connectivity index (χ3n) is 6.10. The first-order valence-electron chi connectivity index (χ1n) is 8.50. The molecule has 4 unspecified atom stereocenters. The Morgan fingerprint density at radius 3 is 2.42 bits per heavy atom. The van der Waals surface area contributed by atoms with Crippen molar-refractivity contribution in [1.82, 2.24) is 0 Å². The van der Waals surface area contributed by atoms with Gasteiger partial charge in [-0.15, -0.1) is 11.8 Å². The van der Waals surface area contributed by atoms with Crippen LogP contribution < -0.4 is 0 Å². The molecule has 4 rings (SSSR count). The number of benzene rings is 2. The van der Waals surface area contributed by atoms with E-state index in [0.29, 0.717) is 6.42 Å². The lowest BCUT2D eigenvalue weighted by Crippen LogP contribution is -2.40. The van der Waals surface area contributed by atoms with Crippen LogP contribution >= 0.6 is 11.8 Å². The van der Waals surface area contributed by atoms with Gasteiger partial charge < -0.3 is 5.11 Å². The summed E-state index contributed by atoms with van der Waals surface area (Å²) in [5, 5.41) is 10.8. The average Bonchev–Trinajstić information content (AvgIpc) is 2.85. The lowest BCUT2D eigenvalue weighted by molar-refractivity contribution is -0.139. The molecule has 2 aromatic rings. The minimum atomic E-state index is -0.675. The van der Waals surface area contributed by atoms with Gasteiger partial charge in [-0.2, -0.15) is 0 Å². The zero-order chi connectivity index (χ0) is 16.9. The predicted octanol–water partition coefficient (Wildman–Crippen LogP) is 4.69. The lowest BCUT2D eigenvalue weighted by Gasteiger charge is -2.41. The van der Waals surface area contributed by atoms with Crippen molar-refractivity contribution < 1.29 is 9.90 Å². The predicted molar refractivity (Wildman–Crippen MR) is 97.5 cm³/mol. The molecule has 0 heterocycles. The zero-order valence-electron chi connectivity index (χ0n) is 14.0. The number of thioether (sulfide) groups is 1. The maximum Gasteiger partial charge on any atom is 0.142 e. The first-order chi connectivity index (χ1) is 11.6. The number of fused-ring (bicyclic) bond motifs is 3. The molecular formula is C21H22O2S. The van der Waals surface area contributed by atoms with Crippen LogP contribution in [-0.4, -0.2) is 17.1 Å². The summed E-state index contributed by atoms with van der Waals surface area (Å²) in [6.45, 7) is 1.96. The Hall–Kier alpha value is -1.58. The molecule has 24 heavy (non-hydrogen) atoms. The van der Waals surface area contributed by atoms with Crippen molar-refractivity contribution in [3.05, 3.63) is 65.2 Å². The van der Waals surface area contributed by atoms with Gasteiger partial charge in [0.25, 0.3) is 0 Å². The average molecular weight is 338 g/mol. The molecule has 0 saturated heterocycles. The highest BCUT2D eigenvalue weighted by atomic mass is 32.2. The minimum absolute atomic E-state index is 0.107. The van der Waals surface area contributed by atoms with E-state index in [9.17, 15) is 9.90 Å². The fourth-order valence-electron chi connectivity index (χ4n) is 4.57. The number of hydrogen-bond donors (Lipinski definition) is 1. The molecule has 124 valence electrons. The lowest BCUT2D eigenvalue weighted by atomic mass is 9.62. The number of carbonyl (C=O) groups is 1. The molecule has 2 aliphatic rings. The molecule has 2 aliphatic carbocycles. The molecule has 4 atom stereocenters. The molecular weight excluding hydrogens is 316 g/mol. The van der Waals surface area contributed by atoms with Crippen molar-refractivity contribution in [2.75, 3.05) is 6.26 Å². The summed E-state index contributed by atoms with van der Waals surface area (Å²) in [6, 6.07) is 16.6. The Kier molecular flexibility index (Phi) is 3.81. The Bertz CT molecular complexity index is 783. The fourth-order valence-corrected chi connectivity index (χ4v) is 4.98. The van der Waals surface area contributed by atoms with E-state index in [4.69, 9.17) is 0 Å². The number of carbonyl (C=O) groups excluding carboxylic acids is 1. The molecule has 0 spiro atoms. The molecule has 3 heteroatoms. The Morgan fingerprint density at radius 1 is 1.08 bits per heavy atom. The highest BCUT2D eigenvalue weighted by Crippen LogP contribution is 2.61. The van der Waals surface area contributed by atoms with E-state index in [0.717, 1.165) is 17.5 Å². The van der Waals surface area contributed by atoms with Crippen LogP contribution in [0.5, 0.6) is 0 Å². The van der Waals surface area contributed by atoms with Gasteiger partial charge in [0.15, 0.2) is 0 Å². The number of rotatable bonds is 2. The van der Waals surface area contributed by atoms with Gasteiger partial charge in [0.2, 0.25) is 0 Å². The number of ketones is 1. The fraction of sp³-hybridized carbons (Fsp3) is 0.381. The van der Waals surface area contributed by atoms with Crippen LogP contribution in [0, 0.1) is 5.41 Å². The highest BCUT2D eigenvalue weighted by molar-refractivity contribution is 7.98. The topological polar surface area (TPSA) is 37.3 Å². The van der Waals surface area contributed by atoms with Crippen molar-refractivity contribution in [2.24, 2.45) is 5.41 Å². The second-order valence-electron chi connectivity index (χ2n) is 7.20. The van der Waals surface area contributed by atoms with Gasteiger partial charge in [-0.05, 0) is 60.3 Å². The normalized spacial score (nSPS) is 31.6. The largest absolute Gasteiger partial charge is 0.387 e. The standard InChI is InChI=1S/C21H22O2S/c1-21-18(16-5-3-4-6-17(16)20(21)23)11-14(12-19(21)22)13-7-9-15(24-2)10-8-13/h3-10,14,18,20,23H,11-12H2,1-2H3.